The molecule has 0 aliphatic carbocycles. The average molecular weight is 276 g/mol. The molecule has 108 valence electrons. The molecule has 2 aliphatic rings. The molecule has 1 unspecified atom stereocenters. The number of nitrogens with zero attached hydrogens (tertiary/aromatic N) is 2. The molecule has 0 radical (unpaired) electrons. The minimum absolute atomic E-state index is 0.0716. The molecule has 2 heterocycles. The van der Waals surface area contributed by atoms with E-state index in [1.165, 1.54) is 5.06 Å². The fourth-order valence-corrected chi connectivity index (χ4v) is 2.64. The van der Waals surface area contributed by atoms with Crippen molar-refractivity contribution in [2.75, 3.05) is 26.2 Å². The lowest BCUT2D eigenvalue weighted by Crippen LogP contribution is -2.51. The predicted octanol–water partition coefficient (Wildman–Crippen LogP) is 1.18. The number of morpholine rings is 1. The summed E-state index contributed by atoms with van der Waals surface area (Å²) in [6, 6.07) is 8.05. The van der Waals surface area contributed by atoms with E-state index < -0.39 is 6.10 Å². The van der Waals surface area contributed by atoms with Crippen LogP contribution < -0.4 is 0 Å². The topological polar surface area (TPSA) is 42.0 Å². The van der Waals surface area contributed by atoms with Crippen LogP contribution in [0.3, 0.4) is 0 Å². The molecular weight excluding hydrogens is 256 g/mol. The summed E-state index contributed by atoms with van der Waals surface area (Å²) in [5, 5.41) is 1.45. The minimum atomic E-state index is -0.408. The second-order valence-electron chi connectivity index (χ2n) is 5.17. The van der Waals surface area contributed by atoms with Crippen molar-refractivity contribution in [2.24, 2.45) is 0 Å². The van der Waals surface area contributed by atoms with Crippen molar-refractivity contribution in [1.29, 1.82) is 0 Å². The number of carbonyl (C=O) groups is 1. The summed E-state index contributed by atoms with van der Waals surface area (Å²) >= 11 is 0. The standard InChI is InChI=1S/C15H20N2O3/c1-2-16-7-8-19-14(10-16)15(18)17-9-12-5-3-4-6-13(12)11-20-17/h3-6,14H,2,7-11H2,1H3. The molecule has 1 atom stereocenters. The van der Waals surface area contributed by atoms with Gasteiger partial charge in [0.05, 0.1) is 13.2 Å². The number of carbonyl (C=O) groups excluding carboxylic acids is 1. The second-order valence-corrected chi connectivity index (χ2v) is 5.17. The number of ether oxygens (including phenoxy) is 1. The third-order valence-electron chi connectivity index (χ3n) is 3.93. The van der Waals surface area contributed by atoms with Gasteiger partial charge in [0.25, 0.3) is 5.91 Å². The van der Waals surface area contributed by atoms with Crippen LogP contribution >= 0.6 is 0 Å². The first kappa shape index (κ1) is 13.5. The van der Waals surface area contributed by atoms with E-state index in [9.17, 15) is 4.79 Å². The molecule has 1 amide bonds. The summed E-state index contributed by atoms with van der Waals surface area (Å²) in [6.45, 7) is 6.14. The van der Waals surface area contributed by atoms with Crippen molar-refractivity contribution < 1.29 is 14.4 Å². The van der Waals surface area contributed by atoms with Gasteiger partial charge in [0, 0.05) is 13.1 Å². The number of likely N-dealkylation sites (N-methyl/N-ethyl adjacent to an activating group) is 1. The summed E-state index contributed by atoms with van der Waals surface area (Å²) in [5.41, 5.74) is 2.30. The molecule has 0 N–H and O–H groups in total. The average Bonchev–Trinajstić information content (AvgIpc) is 2.53. The minimum Gasteiger partial charge on any atom is -0.366 e. The predicted molar refractivity (Wildman–Crippen MR) is 73.6 cm³/mol. The van der Waals surface area contributed by atoms with Crippen LogP contribution in [-0.4, -0.2) is 48.2 Å². The number of hydroxylamine groups is 2. The van der Waals surface area contributed by atoms with E-state index in [0.717, 1.165) is 24.2 Å². The van der Waals surface area contributed by atoms with E-state index in [1.54, 1.807) is 0 Å². The van der Waals surface area contributed by atoms with Gasteiger partial charge in [-0.3, -0.25) is 14.5 Å². The molecule has 3 rings (SSSR count). The number of amides is 1. The van der Waals surface area contributed by atoms with Crippen LogP contribution in [0.2, 0.25) is 0 Å². The van der Waals surface area contributed by atoms with Crippen LogP contribution in [0, 0.1) is 0 Å². The quantitative estimate of drug-likeness (QED) is 0.813. The Hall–Kier alpha value is -1.43. The molecule has 0 aromatic heterocycles. The van der Waals surface area contributed by atoms with Crippen LogP contribution in [0.15, 0.2) is 24.3 Å². The van der Waals surface area contributed by atoms with Gasteiger partial charge in [-0.25, -0.2) is 5.06 Å². The first-order chi connectivity index (χ1) is 9.78. The molecule has 0 bridgehead atoms. The SMILES string of the molecule is CCN1CCOC(C(=O)N2Cc3ccccc3CO2)C1. The highest BCUT2D eigenvalue weighted by atomic mass is 16.7. The van der Waals surface area contributed by atoms with Crippen molar-refractivity contribution in [1.82, 2.24) is 9.96 Å². The summed E-state index contributed by atoms with van der Waals surface area (Å²) in [7, 11) is 0. The van der Waals surface area contributed by atoms with E-state index in [2.05, 4.69) is 11.8 Å². The zero-order valence-corrected chi connectivity index (χ0v) is 11.7. The van der Waals surface area contributed by atoms with Crippen molar-refractivity contribution in [3.05, 3.63) is 35.4 Å². The first-order valence-electron chi connectivity index (χ1n) is 7.13. The Labute approximate surface area is 119 Å². The molecule has 1 aromatic rings. The highest BCUT2D eigenvalue weighted by molar-refractivity contribution is 5.80. The van der Waals surface area contributed by atoms with Crippen LogP contribution in [0.5, 0.6) is 0 Å². The molecular formula is C15H20N2O3. The first-order valence-corrected chi connectivity index (χ1v) is 7.13. The summed E-state index contributed by atoms with van der Waals surface area (Å²) in [6.07, 6.45) is -0.408. The monoisotopic (exact) mass is 276 g/mol. The summed E-state index contributed by atoms with van der Waals surface area (Å²) < 4.78 is 5.60. The maximum Gasteiger partial charge on any atom is 0.276 e. The molecule has 5 heteroatoms. The Morgan fingerprint density at radius 1 is 1.35 bits per heavy atom. The van der Waals surface area contributed by atoms with E-state index in [1.807, 2.05) is 24.3 Å². The zero-order chi connectivity index (χ0) is 13.9. The lowest BCUT2D eigenvalue weighted by molar-refractivity contribution is -0.214. The van der Waals surface area contributed by atoms with Gasteiger partial charge in [0.1, 0.15) is 6.61 Å². The molecule has 1 fully saturated rings. The lowest BCUT2D eigenvalue weighted by Gasteiger charge is -2.35. The normalized spacial score (nSPS) is 23.4. The fraction of sp³-hybridized carbons (Fsp3) is 0.533. The third kappa shape index (κ3) is 2.70. The van der Waals surface area contributed by atoms with Crippen molar-refractivity contribution in [3.8, 4) is 0 Å². The van der Waals surface area contributed by atoms with E-state index in [0.29, 0.717) is 26.3 Å². The largest absolute Gasteiger partial charge is 0.366 e. The number of hydrogen-bond acceptors (Lipinski definition) is 4. The van der Waals surface area contributed by atoms with E-state index >= 15 is 0 Å². The number of hydrogen-bond donors (Lipinski definition) is 0. The van der Waals surface area contributed by atoms with Gasteiger partial charge in [0.2, 0.25) is 0 Å². The Morgan fingerprint density at radius 3 is 2.95 bits per heavy atom. The van der Waals surface area contributed by atoms with Gasteiger partial charge in [0.15, 0.2) is 6.10 Å². The van der Waals surface area contributed by atoms with E-state index in [-0.39, 0.29) is 5.91 Å². The Bertz CT molecular complexity index is 492. The molecule has 0 spiro atoms. The van der Waals surface area contributed by atoms with E-state index in [4.69, 9.17) is 9.57 Å². The lowest BCUT2D eigenvalue weighted by atomic mass is 10.1. The Kier molecular flexibility index (Phi) is 4.00. The Morgan fingerprint density at radius 2 is 2.15 bits per heavy atom. The van der Waals surface area contributed by atoms with Gasteiger partial charge in [-0.05, 0) is 17.7 Å². The van der Waals surface area contributed by atoms with Crippen LogP contribution in [-0.2, 0) is 27.5 Å². The molecule has 0 saturated carbocycles. The van der Waals surface area contributed by atoms with Crippen LogP contribution in [0.4, 0.5) is 0 Å². The van der Waals surface area contributed by atoms with Gasteiger partial charge < -0.3 is 4.74 Å². The third-order valence-corrected chi connectivity index (χ3v) is 3.93. The molecule has 2 aliphatic heterocycles. The fourth-order valence-electron chi connectivity index (χ4n) is 2.64. The second kappa shape index (κ2) is 5.91. The number of fused-ring (bicyclic) bond motifs is 1. The summed E-state index contributed by atoms with van der Waals surface area (Å²) in [5.74, 6) is -0.0716. The molecule has 1 saturated heterocycles. The molecule has 5 nitrogen and oxygen atoms in total. The zero-order valence-electron chi connectivity index (χ0n) is 11.7. The number of benzene rings is 1. The van der Waals surface area contributed by atoms with Crippen molar-refractivity contribution in [2.45, 2.75) is 26.2 Å². The molecule has 1 aromatic carbocycles. The maximum atomic E-state index is 12.5. The van der Waals surface area contributed by atoms with Gasteiger partial charge >= 0.3 is 0 Å². The number of rotatable bonds is 2. The van der Waals surface area contributed by atoms with Gasteiger partial charge in [-0.15, -0.1) is 0 Å². The van der Waals surface area contributed by atoms with Gasteiger partial charge in [-0.2, -0.15) is 0 Å². The molecule has 20 heavy (non-hydrogen) atoms. The van der Waals surface area contributed by atoms with Crippen LogP contribution in [0.25, 0.3) is 0 Å². The maximum absolute atomic E-state index is 12.5. The Balaban J connectivity index is 1.67. The summed E-state index contributed by atoms with van der Waals surface area (Å²) in [4.78, 5) is 20.3. The highest BCUT2D eigenvalue weighted by Gasteiger charge is 2.32. The van der Waals surface area contributed by atoms with Crippen molar-refractivity contribution >= 4 is 5.91 Å². The highest BCUT2D eigenvalue weighted by Crippen LogP contribution is 2.21. The van der Waals surface area contributed by atoms with Gasteiger partial charge in [-0.1, -0.05) is 31.2 Å². The van der Waals surface area contributed by atoms with Crippen molar-refractivity contribution in [3.63, 3.8) is 0 Å². The van der Waals surface area contributed by atoms with Crippen LogP contribution in [0.1, 0.15) is 18.1 Å². The smallest absolute Gasteiger partial charge is 0.276 e.